The zero-order chi connectivity index (χ0) is 20.0. The molecular weight excluding hydrogens is 372 g/mol. The molecule has 0 saturated heterocycles. The molecule has 0 fully saturated rings. The third-order valence-corrected chi connectivity index (χ3v) is 5.77. The van der Waals surface area contributed by atoms with E-state index in [9.17, 15) is 9.90 Å². The number of aryl methyl sites for hydroxylation is 2. The monoisotopic (exact) mass is 392 g/mol. The van der Waals surface area contributed by atoms with E-state index in [4.69, 9.17) is 11.6 Å². The number of aliphatic carboxylic acids is 1. The van der Waals surface area contributed by atoms with Crippen molar-refractivity contribution in [2.24, 2.45) is 0 Å². The average Bonchev–Trinajstić information content (AvgIpc) is 2.95. The van der Waals surface area contributed by atoms with E-state index < -0.39 is 5.97 Å². The van der Waals surface area contributed by atoms with E-state index in [1.54, 1.807) is 6.20 Å². The maximum Gasteiger partial charge on any atom is 0.307 e. The number of para-hydroxylation sites is 1. The van der Waals surface area contributed by atoms with Gasteiger partial charge >= 0.3 is 5.97 Å². The van der Waals surface area contributed by atoms with Crippen molar-refractivity contribution in [1.29, 1.82) is 0 Å². The van der Waals surface area contributed by atoms with E-state index in [0.29, 0.717) is 5.02 Å². The molecule has 1 N–H and O–H groups in total. The molecule has 0 unspecified atom stereocenters. The summed E-state index contributed by atoms with van der Waals surface area (Å²) in [6.45, 7) is 6.98. The second-order valence-electron chi connectivity index (χ2n) is 7.02. The minimum Gasteiger partial charge on any atom is -0.481 e. The summed E-state index contributed by atoms with van der Waals surface area (Å²) in [6, 6.07) is 11.9. The quantitative estimate of drug-likeness (QED) is 0.479. The van der Waals surface area contributed by atoms with Crippen LogP contribution in [0.15, 0.2) is 42.6 Å². The van der Waals surface area contributed by atoms with E-state index in [0.717, 1.165) is 56.3 Å². The molecule has 0 aliphatic carbocycles. The highest BCUT2D eigenvalue weighted by Crippen LogP contribution is 2.41. The number of halogens is 1. The highest BCUT2D eigenvalue weighted by molar-refractivity contribution is 6.35. The van der Waals surface area contributed by atoms with Crippen LogP contribution in [-0.2, 0) is 17.8 Å². The highest BCUT2D eigenvalue weighted by atomic mass is 35.5. The summed E-state index contributed by atoms with van der Waals surface area (Å²) < 4.78 is 2.24. The van der Waals surface area contributed by atoms with Gasteiger partial charge in [0.25, 0.3) is 0 Å². The predicted octanol–water partition coefficient (Wildman–Crippen LogP) is 5.77. The Hall–Kier alpha value is -2.85. The minimum atomic E-state index is -0.828. The van der Waals surface area contributed by atoms with Crippen LogP contribution in [0.2, 0.25) is 5.02 Å². The third-order valence-electron chi connectivity index (χ3n) is 5.47. The van der Waals surface area contributed by atoms with Crippen LogP contribution in [0, 0.1) is 13.8 Å². The smallest absolute Gasteiger partial charge is 0.307 e. The zero-order valence-corrected chi connectivity index (χ0v) is 16.8. The second kappa shape index (κ2) is 6.95. The first-order chi connectivity index (χ1) is 13.4. The third kappa shape index (κ3) is 2.76. The van der Waals surface area contributed by atoms with Crippen molar-refractivity contribution in [3.8, 4) is 11.1 Å². The molecule has 0 aliphatic rings. The Labute approximate surface area is 168 Å². The minimum absolute atomic E-state index is 0.00683. The zero-order valence-electron chi connectivity index (χ0n) is 16.1. The van der Waals surface area contributed by atoms with Crippen molar-refractivity contribution in [2.75, 3.05) is 0 Å². The molecule has 0 bridgehead atoms. The van der Waals surface area contributed by atoms with Crippen LogP contribution in [0.3, 0.4) is 0 Å². The number of carboxylic acid groups (broad SMARTS) is 1. The summed E-state index contributed by atoms with van der Waals surface area (Å²) in [5.74, 6) is -0.828. The number of hydrogen-bond acceptors (Lipinski definition) is 2. The van der Waals surface area contributed by atoms with Gasteiger partial charge < -0.3 is 9.67 Å². The number of aromatic nitrogens is 2. The number of rotatable bonds is 4. The number of hydrogen-bond donors (Lipinski definition) is 1. The van der Waals surface area contributed by atoms with Crippen molar-refractivity contribution in [3.63, 3.8) is 0 Å². The van der Waals surface area contributed by atoms with Gasteiger partial charge in [-0.25, -0.2) is 0 Å². The lowest BCUT2D eigenvalue weighted by atomic mass is 9.93. The standard InChI is InChI=1S/C23H21ClN2O2/c1-4-26-14(3)21(15-10-11-25-23-16(15)6-5-7-18(23)24)22-17(12-20(27)28)13(2)8-9-19(22)26/h5-11H,4,12H2,1-3H3,(H,27,28). The summed E-state index contributed by atoms with van der Waals surface area (Å²) in [4.78, 5) is 16.1. The largest absolute Gasteiger partial charge is 0.481 e. The van der Waals surface area contributed by atoms with Crippen LogP contribution in [0.5, 0.6) is 0 Å². The molecule has 5 heteroatoms. The van der Waals surface area contributed by atoms with Gasteiger partial charge in [-0.1, -0.05) is 29.8 Å². The molecule has 4 aromatic rings. The fourth-order valence-corrected chi connectivity index (χ4v) is 4.44. The number of carbonyl (C=O) groups is 1. The molecule has 4 nitrogen and oxygen atoms in total. The van der Waals surface area contributed by atoms with Crippen LogP contribution in [0.25, 0.3) is 32.9 Å². The van der Waals surface area contributed by atoms with E-state index in [2.05, 4.69) is 29.5 Å². The van der Waals surface area contributed by atoms with Gasteiger partial charge in [-0.3, -0.25) is 9.78 Å². The molecular formula is C23H21ClN2O2. The van der Waals surface area contributed by atoms with E-state index in [1.807, 2.05) is 37.3 Å². The van der Waals surface area contributed by atoms with Crippen LogP contribution in [-0.4, -0.2) is 20.6 Å². The summed E-state index contributed by atoms with van der Waals surface area (Å²) in [5, 5.41) is 12.1. The molecule has 2 aromatic carbocycles. The Morgan fingerprint density at radius 2 is 1.96 bits per heavy atom. The van der Waals surface area contributed by atoms with Gasteiger partial charge in [-0.2, -0.15) is 0 Å². The van der Waals surface area contributed by atoms with E-state index in [1.165, 1.54) is 0 Å². The van der Waals surface area contributed by atoms with Crippen molar-refractivity contribution in [3.05, 3.63) is 64.4 Å². The Morgan fingerprint density at radius 1 is 1.18 bits per heavy atom. The molecule has 0 radical (unpaired) electrons. The Morgan fingerprint density at radius 3 is 2.68 bits per heavy atom. The SMILES string of the molecule is CCn1c(C)c(-c2ccnc3c(Cl)cccc23)c2c(CC(=O)O)c(C)ccc21. The first-order valence-electron chi connectivity index (χ1n) is 9.30. The maximum absolute atomic E-state index is 11.6. The summed E-state index contributed by atoms with van der Waals surface area (Å²) in [6.07, 6.45) is 1.76. The number of benzene rings is 2. The molecule has 0 aliphatic heterocycles. The summed E-state index contributed by atoms with van der Waals surface area (Å²) in [5.41, 5.74) is 6.87. The lowest BCUT2D eigenvalue weighted by Crippen LogP contribution is -2.03. The average molecular weight is 393 g/mol. The van der Waals surface area contributed by atoms with Crippen molar-refractivity contribution in [2.45, 2.75) is 33.7 Å². The Kier molecular flexibility index (Phi) is 4.60. The molecule has 2 heterocycles. The first kappa shape index (κ1) is 18.5. The van der Waals surface area contributed by atoms with Gasteiger partial charge in [-0.15, -0.1) is 0 Å². The maximum atomic E-state index is 11.6. The van der Waals surface area contributed by atoms with Crippen LogP contribution in [0.1, 0.15) is 23.7 Å². The molecule has 0 saturated carbocycles. The Balaban J connectivity index is 2.19. The summed E-state index contributed by atoms with van der Waals surface area (Å²) >= 11 is 6.39. The Bertz CT molecular complexity index is 1240. The number of carboxylic acids is 1. The molecule has 4 rings (SSSR count). The fraction of sp³-hybridized carbons (Fsp3) is 0.217. The summed E-state index contributed by atoms with van der Waals surface area (Å²) in [7, 11) is 0. The highest BCUT2D eigenvalue weighted by Gasteiger charge is 2.22. The van der Waals surface area contributed by atoms with Crippen LogP contribution < -0.4 is 0 Å². The number of pyridine rings is 1. The predicted molar refractivity (Wildman–Crippen MR) is 114 cm³/mol. The van der Waals surface area contributed by atoms with Crippen molar-refractivity contribution >= 4 is 39.4 Å². The molecule has 28 heavy (non-hydrogen) atoms. The molecule has 142 valence electrons. The number of nitrogens with zero attached hydrogens (tertiary/aromatic N) is 2. The fourth-order valence-electron chi connectivity index (χ4n) is 4.21. The van der Waals surface area contributed by atoms with E-state index in [-0.39, 0.29) is 6.42 Å². The van der Waals surface area contributed by atoms with Crippen LogP contribution >= 0.6 is 11.6 Å². The van der Waals surface area contributed by atoms with Gasteiger partial charge in [0, 0.05) is 40.3 Å². The van der Waals surface area contributed by atoms with Crippen molar-refractivity contribution < 1.29 is 9.90 Å². The molecule has 0 spiro atoms. The lowest BCUT2D eigenvalue weighted by molar-refractivity contribution is -0.136. The van der Waals surface area contributed by atoms with Gasteiger partial charge in [0.15, 0.2) is 0 Å². The lowest BCUT2D eigenvalue weighted by Gasteiger charge is -2.11. The van der Waals surface area contributed by atoms with Crippen LogP contribution in [0.4, 0.5) is 0 Å². The first-order valence-corrected chi connectivity index (χ1v) is 9.68. The second-order valence-corrected chi connectivity index (χ2v) is 7.43. The normalized spacial score (nSPS) is 11.4. The molecule has 0 atom stereocenters. The van der Waals surface area contributed by atoms with Gasteiger partial charge in [0.2, 0.25) is 0 Å². The number of fused-ring (bicyclic) bond motifs is 2. The molecule has 2 aromatic heterocycles. The van der Waals surface area contributed by atoms with Gasteiger partial charge in [0.1, 0.15) is 0 Å². The van der Waals surface area contributed by atoms with Gasteiger partial charge in [0.05, 0.1) is 17.0 Å². The van der Waals surface area contributed by atoms with Gasteiger partial charge in [-0.05, 0) is 55.7 Å². The van der Waals surface area contributed by atoms with Crippen molar-refractivity contribution in [1.82, 2.24) is 9.55 Å². The van der Waals surface area contributed by atoms with E-state index >= 15 is 0 Å². The molecule has 0 amide bonds. The topological polar surface area (TPSA) is 55.1 Å².